The molecule has 0 aliphatic heterocycles. The number of hydrogen-bond donors (Lipinski definition) is 3. The minimum Gasteiger partial charge on any atom is -0.391 e. The van der Waals surface area contributed by atoms with E-state index < -0.39 is 6.10 Å². The topological polar surface area (TPSA) is 120 Å². The first-order chi connectivity index (χ1) is 14.1. The fraction of sp³-hybridized carbons (Fsp3) is 0.450. The van der Waals surface area contributed by atoms with Crippen LogP contribution in [0.5, 0.6) is 0 Å². The van der Waals surface area contributed by atoms with Crippen molar-refractivity contribution < 1.29 is 9.90 Å². The Hall–Kier alpha value is -3.07. The van der Waals surface area contributed by atoms with Crippen LogP contribution in [0.4, 0.5) is 5.82 Å². The number of nitrogens with one attached hydrogen (secondary N) is 2. The summed E-state index contributed by atoms with van der Waals surface area (Å²) < 4.78 is 0. The monoisotopic (exact) mass is 395 g/mol. The Morgan fingerprint density at radius 3 is 3.00 bits per heavy atom. The molecule has 9 heteroatoms. The van der Waals surface area contributed by atoms with Crippen molar-refractivity contribution in [2.24, 2.45) is 5.92 Å². The number of aromatic nitrogens is 5. The number of imidazole rings is 1. The predicted octanol–water partition coefficient (Wildman–Crippen LogP) is 1.39. The number of amides is 1. The molecule has 3 atom stereocenters. The summed E-state index contributed by atoms with van der Waals surface area (Å²) in [6, 6.07) is 5.54. The summed E-state index contributed by atoms with van der Waals surface area (Å²) in [7, 11) is 1.83. The number of H-pyrrole nitrogens is 1. The molecular formula is C20H25N7O2. The van der Waals surface area contributed by atoms with Crippen LogP contribution in [0.15, 0.2) is 37.1 Å². The van der Waals surface area contributed by atoms with Gasteiger partial charge in [-0.1, -0.05) is 6.07 Å². The minimum atomic E-state index is -0.536. The molecule has 1 aliphatic carbocycles. The van der Waals surface area contributed by atoms with Gasteiger partial charge in [0.2, 0.25) is 5.91 Å². The lowest BCUT2D eigenvalue weighted by molar-refractivity contribution is -0.136. The molecule has 0 bridgehead atoms. The zero-order chi connectivity index (χ0) is 20.2. The Labute approximate surface area is 168 Å². The summed E-state index contributed by atoms with van der Waals surface area (Å²) in [6.07, 6.45) is 6.74. The molecule has 0 radical (unpaired) electrons. The smallest absolute Gasteiger partial charge is 0.225 e. The van der Waals surface area contributed by atoms with Crippen molar-refractivity contribution in [2.45, 2.75) is 37.8 Å². The number of nitrogens with zero attached hydrogens (tertiary/aromatic N) is 5. The van der Waals surface area contributed by atoms with E-state index in [1.807, 2.05) is 25.2 Å². The summed E-state index contributed by atoms with van der Waals surface area (Å²) in [6.45, 7) is 0.619. The largest absolute Gasteiger partial charge is 0.391 e. The number of carbonyl (C=O) groups is 1. The molecular weight excluding hydrogens is 370 g/mol. The molecule has 0 aromatic carbocycles. The highest BCUT2D eigenvalue weighted by Crippen LogP contribution is 2.29. The Balaban J connectivity index is 1.38. The van der Waals surface area contributed by atoms with Crippen LogP contribution in [0.25, 0.3) is 11.2 Å². The molecule has 1 amide bonds. The van der Waals surface area contributed by atoms with E-state index in [4.69, 9.17) is 0 Å². The molecule has 1 fully saturated rings. The van der Waals surface area contributed by atoms with Gasteiger partial charge in [-0.2, -0.15) is 0 Å². The van der Waals surface area contributed by atoms with Crippen LogP contribution in [0.2, 0.25) is 0 Å². The second-order valence-corrected chi connectivity index (χ2v) is 7.48. The highest BCUT2D eigenvalue weighted by molar-refractivity contribution is 5.82. The standard InChI is InChI=1S/C20H25N7O2/c1-27(9-7-14-4-2-3-8-21-14)20(29)13-5-6-16(28)15(10-13)26-19-17-18(23-11-22-17)24-12-25-19/h2-4,8,11-13,15-16,28H,5-7,9-10H2,1H3,(H2,22,23,24,25,26)/t13-,15+,16+/m0/s1. The van der Waals surface area contributed by atoms with E-state index in [1.54, 1.807) is 17.4 Å². The molecule has 0 spiro atoms. The van der Waals surface area contributed by atoms with E-state index in [0.29, 0.717) is 42.8 Å². The van der Waals surface area contributed by atoms with Gasteiger partial charge < -0.3 is 20.3 Å². The first-order valence-corrected chi connectivity index (χ1v) is 9.85. The molecule has 4 rings (SSSR count). The minimum absolute atomic E-state index is 0.106. The van der Waals surface area contributed by atoms with Crippen LogP contribution >= 0.6 is 0 Å². The summed E-state index contributed by atoms with van der Waals surface area (Å²) >= 11 is 0. The molecule has 29 heavy (non-hydrogen) atoms. The number of anilines is 1. The van der Waals surface area contributed by atoms with Crippen LogP contribution in [-0.2, 0) is 11.2 Å². The number of aliphatic hydroxyl groups is 1. The lowest BCUT2D eigenvalue weighted by Gasteiger charge is -2.35. The molecule has 1 saturated carbocycles. The van der Waals surface area contributed by atoms with E-state index in [-0.39, 0.29) is 17.9 Å². The molecule has 152 valence electrons. The summed E-state index contributed by atoms with van der Waals surface area (Å²) in [4.78, 5) is 34.5. The Morgan fingerprint density at radius 1 is 1.28 bits per heavy atom. The van der Waals surface area contributed by atoms with Gasteiger partial charge in [0.1, 0.15) is 11.8 Å². The van der Waals surface area contributed by atoms with Crippen molar-refractivity contribution in [3.8, 4) is 0 Å². The van der Waals surface area contributed by atoms with Gasteiger partial charge in [0, 0.05) is 37.8 Å². The fourth-order valence-electron chi connectivity index (χ4n) is 3.83. The highest BCUT2D eigenvalue weighted by Gasteiger charge is 2.34. The third kappa shape index (κ3) is 4.34. The maximum atomic E-state index is 12.9. The number of fused-ring (bicyclic) bond motifs is 1. The van der Waals surface area contributed by atoms with Gasteiger partial charge in [-0.15, -0.1) is 0 Å². The molecule has 9 nitrogen and oxygen atoms in total. The van der Waals surface area contributed by atoms with E-state index in [0.717, 1.165) is 12.1 Å². The maximum Gasteiger partial charge on any atom is 0.225 e. The van der Waals surface area contributed by atoms with Crippen LogP contribution in [0, 0.1) is 5.92 Å². The van der Waals surface area contributed by atoms with Crippen molar-refractivity contribution in [1.29, 1.82) is 0 Å². The Morgan fingerprint density at radius 2 is 2.17 bits per heavy atom. The maximum absolute atomic E-state index is 12.9. The average molecular weight is 395 g/mol. The summed E-state index contributed by atoms with van der Waals surface area (Å²) in [5.74, 6) is 0.561. The van der Waals surface area contributed by atoms with Gasteiger partial charge in [-0.3, -0.25) is 9.78 Å². The third-order valence-corrected chi connectivity index (χ3v) is 5.51. The normalized spacial score (nSPS) is 21.8. The molecule has 3 aromatic rings. The van der Waals surface area contributed by atoms with E-state index >= 15 is 0 Å². The van der Waals surface area contributed by atoms with Crippen molar-refractivity contribution in [3.05, 3.63) is 42.7 Å². The quantitative estimate of drug-likeness (QED) is 0.577. The highest BCUT2D eigenvalue weighted by atomic mass is 16.3. The average Bonchev–Trinajstić information content (AvgIpc) is 3.24. The number of carbonyl (C=O) groups excluding carboxylic acids is 1. The van der Waals surface area contributed by atoms with Crippen LogP contribution in [-0.4, -0.2) is 66.6 Å². The van der Waals surface area contributed by atoms with Gasteiger partial charge in [0.05, 0.1) is 18.5 Å². The van der Waals surface area contributed by atoms with Gasteiger partial charge in [-0.05, 0) is 31.4 Å². The molecule has 0 unspecified atom stereocenters. The predicted molar refractivity (Wildman–Crippen MR) is 108 cm³/mol. The van der Waals surface area contributed by atoms with Gasteiger partial charge in [-0.25, -0.2) is 15.0 Å². The fourth-order valence-corrected chi connectivity index (χ4v) is 3.83. The van der Waals surface area contributed by atoms with E-state index in [9.17, 15) is 9.90 Å². The van der Waals surface area contributed by atoms with Crippen LogP contribution in [0.1, 0.15) is 25.0 Å². The van der Waals surface area contributed by atoms with Crippen LogP contribution < -0.4 is 5.32 Å². The SMILES string of the molecule is CN(CCc1ccccn1)C(=O)[C@H]1CC[C@@H](O)[C@H](Nc2ncnc3nc[nH]c23)C1. The van der Waals surface area contributed by atoms with Gasteiger partial charge >= 0.3 is 0 Å². The lowest BCUT2D eigenvalue weighted by atomic mass is 9.83. The molecule has 0 saturated heterocycles. The molecule has 3 N–H and O–H groups in total. The lowest BCUT2D eigenvalue weighted by Crippen LogP contribution is -2.45. The second-order valence-electron chi connectivity index (χ2n) is 7.48. The molecule has 1 aliphatic rings. The van der Waals surface area contributed by atoms with Crippen molar-refractivity contribution in [1.82, 2.24) is 29.8 Å². The van der Waals surface area contributed by atoms with Gasteiger partial charge in [0.25, 0.3) is 0 Å². The van der Waals surface area contributed by atoms with Gasteiger partial charge in [0.15, 0.2) is 11.5 Å². The zero-order valence-electron chi connectivity index (χ0n) is 16.3. The van der Waals surface area contributed by atoms with E-state index in [2.05, 4.69) is 30.2 Å². The first kappa shape index (κ1) is 19.3. The molecule has 3 heterocycles. The zero-order valence-corrected chi connectivity index (χ0v) is 16.3. The third-order valence-electron chi connectivity index (χ3n) is 5.51. The summed E-state index contributed by atoms with van der Waals surface area (Å²) in [5, 5.41) is 13.8. The van der Waals surface area contributed by atoms with E-state index in [1.165, 1.54) is 6.33 Å². The number of pyridine rings is 1. The van der Waals surface area contributed by atoms with Crippen molar-refractivity contribution >= 4 is 22.9 Å². The number of aliphatic hydroxyl groups excluding tert-OH is 1. The summed E-state index contributed by atoms with van der Waals surface area (Å²) in [5.41, 5.74) is 2.23. The van der Waals surface area contributed by atoms with Crippen LogP contribution in [0.3, 0.4) is 0 Å². The van der Waals surface area contributed by atoms with Crippen molar-refractivity contribution in [2.75, 3.05) is 18.9 Å². The second kappa shape index (κ2) is 8.52. The first-order valence-electron chi connectivity index (χ1n) is 9.85. The van der Waals surface area contributed by atoms with Crippen molar-refractivity contribution in [3.63, 3.8) is 0 Å². The molecule has 3 aromatic heterocycles. The Kier molecular flexibility index (Phi) is 5.66. The number of rotatable bonds is 6. The Bertz CT molecular complexity index is 962. The number of likely N-dealkylation sites (N-methyl/N-ethyl adjacent to an activating group) is 1. The number of aromatic amines is 1. The number of hydrogen-bond acceptors (Lipinski definition) is 7.